The van der Waals surface area contributed by atoms with Crippen LogP contribution in [0.1, 0.15) is 31.2 Å². The second kappa shape index (κ2) is 6.58. The molecule has 1 amide bonds. The van der Waals surface area contributed by atoms with Gasteiger partial charge in [-0.2, -0.15) is 0 Å². The molecule has 1 fully saturated rings. The van der Waals surface area contributed by atoms with Gasteiger partial charge < -0.3 is 10.4 Å². The minimum atomic E-state index is -3.18. The number of amides is 1. The maximum absolute atomic E-state index is 12.0. The molecule has 1 aromatic carbocycles. The minimum absolute atomic E-state index is 0.00842. The standard InChI is InChI=1S/C15H21NO4S/c1-21(19,20)14-8-2-11(3-9-14)10-16-15(18)12-4-6-13(17)7-5-12/h2-3,8-9,12-13,17H,4-7,10H2,1H3,(H,16,18). The summed E-state index contributed by atoms with van der Waals surface area (Å²) >= 11 is 0. The third kappa shape index (κ3) is 4.54. The summed E-state index contributed by atoms with van der Waals surface area (Å²) in [6, 6.07) is 6.52. The summed E-state index contributed by atoms with van der Waals surface area (Å²) in [5, 5.41) is 12.3. The lowest BCUT2D eigenvalue weighted by Crippen LogP contribution is -2.33. The third-order valence-corrected chi connectivity index (χ3v) is 5.01. The zero-order valence-corrected chi connectivity index (χ0v) is 12.9. The van der Waals surface area contributed by atoms with E-state index < -0.39 is 9.84 Å². The van der Waals surface area contributed by atoms with E-state index in [0.29, 0.717) is 19.4 Å². The van der Waals surface area contributed by atoms with Gasteiger partial charge in [-0.05, 0) is 43.4 Å². The molecular weight excluding hydrogens is 290 g/mol. The quantitative estimate of drug-likeness (QED) is 0.877. The van der Waals surface area contributed by atoms with Gasteiger partial charge in [0.25, 0.3) is 0 Å². The molecule has 1 aliphatic rings. The highest BCUT2D eigenvalue weighted by atomic mass is 32.2. The van der Waals surface area contributed by atoms with E-state index in [-0.39, 0.29) is 22.8 Å². The SMILES string of the molecule is CS(=O)(=O)c1ccc(CNC(=O)C2CCC(O)CC2)cc1. The zero-order valence-electron chi connectivity index (χ0n) is 12.1. The Kier molecular flexibility index (Phi) is 5.00. The van der Waals surface area contributed by atoms with Gasteiger partial charge in [0, 0.05) is 18.7 Å². The van der Waals surface area contributed by atoms with Gasteiger partial charge in [-0.1, -0.05) is 12.1 Å². The van der Waals surface area contributed by atoms with Crippen molar-refractivity contribution < 1.29 is 18.3 Å². The Morgan fingerprint density at radius 2 is 1.76 bits per heavy atom. The van der Waals surface area contributed by atoms with E-state index >= 15 is 0 Å². The number of aliphatic hydroxyl groups is 1. The van der Waals surface area contributed by atoms with Crippen LogP contribution in [0.15, 0.2) is 29.2 Å². The van der Waals surface area contributed by atoms with Crippen molar-refractivity contribution in [3.63, 3.8) is 0 Å². The maximum atomic E-state index is 12.0. The van der Waals surface area contributed by atoms with Crippen molar-refractivity contribution in [3.05, 3.63) is 29.8 Å². The van der Waals surface area contributed by atoms with Crippen molar-refractivity contribution in [1.29, 1.82) is 0 Å². The molecule has 2 N–H and O–H groups in total. The van der Waals surface area contributed by atoms with Crippen LogP contribution in [0.3, 0.4) is 0 Å². The molecule has 0 radical (unpaired) electrons. The summed E-state index contributed by atoms with van der Waals surface area (Å²) in [7, 11) is -3.18. The number of hydrogen-bond donors (Lipinski definition) is 2. The normalized spacial score (nSPS) is 22.8. The average Bonchev–Trinajstić information content (AvgIpc) is 2.45. The lowest BCUT2D eigenvalue weighted by Gasteiger charge is -2.24. The Morgan fingerprint density at radius 1 is 1.19 bits per heavy atom. The first kappa shape index (κ1) is 16.0. The summed E-state index contributed by atoms with van der Waals surface area (Å²) in [5.41, 5.74) is 0.867. The van der Waals surface area contributed by atoms with Gasteiger partial charge in [0.2, 0.25) is 5.91 Å². The molecule has 6 heteroatoms. The molecule has 0 aliphatic heterocycles. The van der Waals surface area contributed by atoms with Crippen LogP contribution >= 0.6 is 0 Å². The number of benzene rings is 1. The number of rotatable bonds is 4. The van der Waals surface area contributed by atoms with Gasteiger partial charge in [-0.15, -0.1) is 0 Å². The Bertz CT molecular complexity index is 587. The number of carbonyl (C=O) groups is 1. The molecule has 1 aromatic rings. The Morgan fingerprint density at radius 3 is 2.29 bits per heavy atom. The van der Waals surface area contributed by atoms with Crippen LogP contribution in [-0.4, -0.2) is 31.8 Å². The van der Waals surface area contributed by atoms with E-state index in [4.69, 9.17) is 0 Å². The largest absolute Gasteiger partial charge is 0.393 e. The molecule has 0 atom stereocenters. The van der Waals surface area contributed by atoms with Crippen molar-refractivity contribution in [1.82, 2.24) is 5.32 Å². The molecule has 0 heterocycles. The molecule has 0 spiro atoms. The zero-order chi connectivity index (χ0) is 15.5. The van der Waals surface area contributed by atoms with Crippen molar-refractivity contribution >= 4 is 15.7 Å². The van der Waals surface area contributed by atoms with E-state index in [1.165, 1.54) is 6.26 Å². The second-order valence-electron chi connectivity index (χ2n) is 5.64. The predicted molar refractivity (Wildman–Crippen MR) is 79.4 cm³/mol. The summed E-state index contributed by atoms with van der Waals surface area (Å²) in [4.78, 5) is 12.3. The van der Waals surface area contributed by atoms with E-state index in [1.54, 1.807) is 24.3 Å². The summed E-state index contributed by atoms with van der Waals surface area (Å²) < 4.78 is 22.7. The molecule has 0 bridgehead atoms. The fourth-order valence-corrected chi connectivity index (χ4v) is 3.16. The van der Waals surface area contributed by atoms with Crippen LogP contribution in [-0.2, 0) is 21.2 Å². The Balaban J connectivity index is 1.87. The molecule has 1 saturated carbocycles. The molecular formula is C15H21NO4S. The van der Waals surface area contributed by atoms with Crippen molar-refractivity contribution in [3.8, 4) is 0 Å². The Labute approximate surface area is 125 Å². The minimum Gasteiger partial charge on any atom is -0.393 e. The summed E-state index contributed by atoms with van der Waals surface area (Å²) in [6.45, 7) is 0.391. The molecule has 1 aliphatic carbocycles. The number of hydrogen-bond acceptors (Lipinski definition) is 4. The second-order valence-corrected chi connectivity index (χ2v) is 7.66. The molecule has 0 aromatic heterocycles. The van der Waals surface area contributed by atoms with Crippen LogP contribution in [0.2, 0.25) is 0 Å². The van der Waals surface area contributed by atoms with Crippen LogP contribution in [0.25, 0.3) is 0 Å². The summed E-state index contributed by atoms with van der Waals surface area (Å²) in [6.07, 6.45) is 3.71. The van der Waals surface area contributed by atoms with Crippen molar-refractivity contribution in [2.24, 2.45) is 5.92 Å². The molecule has 0 unspecified atom stereocenters. The first-order valence-corrected chi connectivity index (χ1v) is 9.00. The lowest BCUT2D eigenvalue weighted by molar-refractivity contribution is -0.126. The van der Waals surface area contributed by atoms with Crippen LogP contribution in [0, 0.1) is 5.92 Å². The number of carbonyl (C=O) groups excluding carboxylic acids is 1. The first-order valence-electron chi connectivity index (χ1n) is 7.11. The monoisotopic (exact) mass is 311 g/mol. The summed E-state index contributed by atoms with van der Waals surface area (Å²) in [5.74, 6) is -0.0159. The van der Waals surface area contributed by atoms with Crippen molar-refractivity contribution in [2.75, 3.05) is 6.26 Å². The number of nitrogens with one attached hydrogen (secondary N) is 1. The molecule has 2 rings (SSSR count). The van der Waals surface area contributed by atoms with E-state index in [2.05, 4.69) is 5.32 Å². The highest BCUT2D eigenvalue weighted by molar-refractivity contribution is 7.90. The highest BCUT2D eigenvalue weighted by Gasteiger charge is 2.24. The van der Waals surface area contributed by atoms with Gasteiger partial charge in [-0.3, -0.25) is 4.79 Å². The molecule has 116 valence electrons. The smallest absolute Gasteiger partial charge is 0.223 e. The average molecular weight is 311 g/mol. The van der Waals surface area contributed by atoms with Gasteiger partial charge >= 0.3 is 0 Å². The van der Waals surface area contributed by atoms with E-state index in [0.717, 1.165) is 18.4 Å². The molecule has 0 saturated heterocycles. The van der Waals surface area contributed by atoms with E-state index in [1.807, 2.05) is 0 Å². The van der Waals surface area contributed by atoms with Crippen LogP contribution in [0.5, 0.6) is 0 Å². The van der Waals surface area contributed by atoms with Crippen molar-refractivity contribution in [2.45, 2.75) is 43.2 Å². The molecule has 21 heavy (non-hydrogen) atoms. The topological polar surface area (TPSA) is 83.5 Å². The number of aliphatic hydroxyl groups excluding tert-OH is 1. The fraction of sp³-hybridized carbons (Fsp3) is 0.533. The maximum Gasteiger partial charge on any atom is 0.223 e. The first-order chi connectivity index (χ1) is 9.86. The van der Waals surface area contributed by atoms with Crippen LogP contribution < -0.4 is 5.32 Å². The third-order valence-electron chi connectivity index (χ3n) is 3.89. The van der Waals surface area contributed by atoms with Gasteiger partial charge in [0.15, 0.2) is 9.84 Å². The number of sulfone groups is 1. The van der Waals surface area contributed by atoms with Gasteiger partial charge in [-0.25, -0.2) is 8.42 Å². The predicted octanol–water partition coefficient (Wildman–Crippen LogP) is 1.26. The molecule has 5 nitrogen and oxygen atoms in total. The van der Waals surface area contributed by atoms with E-state index in [9.17, 15) is 18.3 Å². The van der Waals surface area contributed by atoms with Gasteiger partial charge in [0.05, 0.1) is 11.0 Å². The Hall–Kier alpha value is -1.40. The highest BCUT2D eigenvalue weighted by Crippen LogP contribution is 2.24. The van der Waals surface area contributed by atoms with Crippen LogP contribution in [0.4, 0.5) is 0 Å². The lowest BCUT2D eigenvalue weighted by atomic mass is 9.87. The fourth-order valence-electron chi connectivity index (χ4n) is 2.53. The van der Waals surface area contributed by atoms with Gasteiger partial charge in [0.1, 0.15) is 0 Å².